The predicted octanol–water partition coefficient (Wildman–Crippen LogP) is 6.89. The first kappa shape index (κ1) is 21.9. The molecule has 3 aromatic rings. The molecule has 0 aliphatic carbocycles. The monoisotopic (exact) mass is 431 g/mol. The summed E-state index contributed by atoms with van der Waals surface area (Å²) in [6, 6.07) is 28.1. The van der Waals surface area contributed by atoms with Crippen molar-refractivity contribution in [1.29, 1.82) is 0 Å². The zero-order valence-corrected chi connectivity index (χ0v) is 19.8. The molecule has 1 heterocycles. The Morgan fingerprint density at radius 2 is 1.52 bits per heavy atom. The average Bonchev–Trinajstić information content (AvgIpc) is 2.84. The SMILES string of the molecule is CCC(C)(Pc1ccccc1N1CCCCC1)c1ccccc1OCc1ccccc1. The molecule has 4 rings (SSSR count). The first-order valence-electron chi connectivity index (χ1n) is 11.6. The summed E-state index contributed by atoms with van der Waals surface area (Å²) in [6.07, 6.45) is 5.04. The molecule has 0 spiro atoms. The number of hydrogen-bond acceptors (Lipinski definition) is 2. The zero-order chi connectivity index (χ0) is 21.5. The molecule has 31 heavy (non-hydrogen) atoms. The van der Waals surface area contributed by atoms with Gasteiger partial charge >= 0.3 is 0 Å². The van der Waals surface area contributed by atoms with Crippen molar-refractivity contribution in [3.05, 3.63) is 90.0 Å². The Balaban J connectivity index is 1.60. The Morgan fingerprint density at radius 3 is 2.29 bits per heavy atom. The number of ether oxygens (including phenoxy) is 1. The highest BCUT2D eigenvalue weighted by molar-refractivity contribution is 7.49. The van der Waals surface area contributed by atoms with Gasteiger partial charge < -0.3 is 9.64 Å². The van der Waals surface area contributed by atoms with Crippen molar-refractivity contribution in [2.24, 2.45) is 0 Å². The Bertz CT molecular complexity index is 968. The largest absolute Gasteiger partial charge is 0.489 e. The maximum atomic E-state index is 6.35. The summed E-state index contributed by atoms with van der Waals surface area (Å²) in [4.78, 5) is 2.60. The van der Waals surface area contributed by atoms with Gasteiger partial charge in [-0.2, -0.15) is 0 Å². The summed E-state index contributed by atoms with van der Waals surface area (Å²) in [5.41, 5.74) is 3.96. The van der Waals surface area contributed by atoms with Gasteiger partial charge in [0, 0.05) is 29.5 Å². The molecule has 2 unspecified atom stereocenters. The van der Waals surface area contributed by atoms with Gasteiger partial charge in [0.25, 0.3) is 0 Å². The fourth-order valence-corrected chi connectivity index (χ4v) is 6.08. The number of hydrogen-bond donors (Lipinski definition) is 0. The highest BCUT2D eigenvalue weighted by Gasteiger charge is 2.30. The molecule has 0 N–H and O–H groups in total. The van der Waals surface area contributed by atoms with Gasteiger partial charge in [-0.1, -0.05) is 89.2 Å². The summed E-state index contributed by atoms with van der Waals surface area (Å²) in [5, 5.41) is 1.52. The molecule has 0 aromatic heterocycles. The van der Waals surface area contributed by atoms with Crippen LogP contribution in [0.25, 0.3) is 0 Å². The molecule has 1 aliphatic rings. The number of piperidine rings is 1. The number of nitrogens with zero attached hydrogens (tertiary/aromatic N) is 1. The average molecular weight is 432 g/mol. The summed E-state index contributed by atoms with van der Waals surface area (Å²) in [6.45, 7) is 7.68. The van der Waals surface area contributed by atoms with E-state index in [4.69, 9.17) is 4.74 Å². The van der Waals surface area contributed by atoms with E-state index in [2.05, 4.69) is 91.5 Å². The van der Waals surface area contributed by atoms with E-state index in [1.165, 1.54) is 54.5 Å². The second-order valence-electron chi connectivity index (χ2n) is 8.65. The van der Waals surface area contributed by atoms with Crippen molar-refractivity contribution in [2.75, 3.05) is 18.0 Å². The number of anilines is 1. The van der Waals surface area contributed by atoms with Gasteiger partial charge in [0.05, 0.1) is 0 Å². The normalized spacial score (nSPS) is 16.4. The Labute approximate surface area is 189 Å². The molecule has 3 aromatic carbocycles. The molecule has 3 heteroatoms. The quantitative estimate of drug-likeness (QED) is 0.360. The lowest BCUT2D eigenvalue weighted by atomic mass is 9.96. The highest BCUT2D eigenvalue weighted by Crippen LogP contribution is 2.48. The molecule has 2 nitrogen and oxygen atoms in total. The summed E-state index contributed by atoms with van der Waals surface area (Å²) in [5.74, 6) is 1.01. The minimum atomic E-state index is 0.0408. The van der Waals surface area contributed by atoms with Crippen molar-refractivity contribution in [3.8, 4) is 5.75 Å². The van der Waals surface area contributed by atoms with Crippen LogP contribution < -0.4 is 14.9 Å². The van der Waals surface area contributed by atoms with Gasteiger partial charge in [0.1, 0.15) is 12.4 Å². The zero-order valence-electron chi connectivity index (χ0n) is 18.8. The van der Waals surface area contributed by atoms with Gasteiger partial charge in [-0.05, 0) is 48.7 Å². The van der Waals surface area contributed by atoms with Gasteiger partial charge in [-0.25, -0.2) is 0 Å². The number of rotatable bonds is 8. The lowest BCUT2D eigenvalue weighted by Crippen LogP contribution is -2.33. The van der Waals surface area contributed by atoms with Crippen LogP contribution in [-0.2, 0) is 11.8 Å². The molecule has 0 bridgehead atoms. The van der Waals surface area contributed by atoms with E-state index in [1.807, 2.05) is 6.07 Å². The minimum Gasteiger partial charge on any atom is -0.489 e. The van der Waals surface area contributed by atoms with E-state index < -0.39 is 0 Å². The molecular weight excluding hydrogens is 397 g/mol. The molecule has 0 radical (unpaired) electrons. The molecule has 0 saturated carbocycles. The molecule has 1 fully saturated rings. The first-order valence-corrected chi connectivity index (χ1v) is 12.6. The second-order valence-corrected chi connectivity index (χ2v) is 10.5. The Kier molecular flexibility index (Phi) is 7.30. The van der Waals surface area contributed by atoms with Gasteiger partial charge in [-0.15, -0.1) is 0 Å². The maximum absolute atomic E-state index is 6.35. The van der Waals surface area contributed by atoms with Crippen LogP contribution in [0.5, 0.6) is 5.75 Å². The van der Waals surface area contributed by atoms with Crippen LogP contribution in [0.2, 0.25) is 0 Å². The standard InChI is InChI=1S/C28H34NOP/c1-3-28(2,31-27-19-11-9-17-25(27)29-20-12-5-13-21-29)24-16-8-10-18-26(24)30-22-23-14-6-4-7-15-23/h4,6-11,14-19,31H,3,5,12-13,20-22H2,1-2H3. The third-order valence-electron chi connectivity index (χ3n) is 6.44. The van der Waals surface area contributed by atoms with E-state index in [0.717, 1.165) is 12.2 Å². The van der Waals surface area contributed by atoms with Gasteiger partial charge in [-0.3, -0.25) is 0 Å². The molecular formula is C28H34NOP. The molecule has 2 atom stereocenters. The van der Waals surface area contributed by atoms with E-state index in [9.17, 15) is 0 Å². The predicted molar refractivity (Wildman–Crippen MR) is 135 cm³/mol. The molecule has 162 valence electrons. The maximum Gasteiger partial charge on any atom is 0.123 e. The van der Waals surface area contributed by atoms with E-state index in [1.54, 1.807) is 0 Å². The first-order chi connectivity index (χ1) is 15.2. The van der Waals surface area contributed by atoms with Crippen molar-refractivity contribution in [3.63, 3.8) is 0 Å². The van der Waals surface area contributed by atoms with Crippen LogP contribution in [-0.4, -0.2) is 13.1 Å². The Morgan fingerprint density at radius 1 is 0.839 bits per heavy atom. The minimum absolute atomic E-state index is 0.0408. The van der Waals surface area contributed by atoms with Crippen LogP contribution in [0.4, 0.5) is 5.69 Å². The van der Waals surface area contributed by atoms with Crippen LogP contribution in [0.15, 0.2) is 78.9 Å². The number of benzene rings is 3. The summed E-state index contributed by atoms with van der Waals surface area (Å²) in [7, 11) is 0.695. The molecule has 1 aliphatic heterocycles. The van der Waals surface area contributed by atoms with Crippen molar-refractivity contribution >= 4 is 19.6 Å². The second kappa shape index (κ2) is 10.3. The third-order valence-corrected chi connectivity index (χ3v) is 8.30. The Hall–Kier alpha value is -2.31. The van der Waals surface area contributed by atoms with Crippen molar-refractivity contribution in [1.82, 2.24) is 0 Å². The summed E-state index contributed by atoms with van der Waals surface area (Å²) < 4.78 is 6.35. The fourth-order valence-electron chi connectivity index (χ4n) is 4.42. The molecule has 0 amide bonds. The lowest BCUT2D eigenvalue weighted by Gasteiger charge is -2.35. The van der Waals surface area contributed by atoms with Crippen molar-refractivity contribution < 1.29 is 4.74 Å². The van der Waals surface area contributed by atoms with E-state index in [0.29, 0.717) is 15.2 Å². The van der Waals surface area contributed by atoms with Crippen molar-refractivity contribution in [2.45, 2.75) is 51.3 Å². The molecule has 1 saturated heterocycles. The van der Waals surface area contributed by atoms with Gasteiger partial charge in [0.2, 0.25) is 0 Å². The van der Waals surface area contributed by atoms with Crippen LogP contribution >= 0.6 is 8.58 Å². The smallest absolute Gasteiger partial charge is 0.123 e. The fraction of sp³-hybridized carbons (Fsp3) is 0.357. The van der Waals surface area contributed by atoms with Gasteiger partial charge in [0.15, 0.2) is 0 Å². The van der Waals surface area contributed by atoms with E-state index in [-0.39, 0.29) is 5.16 Å². The van der Waals surface area contributed by atoms with Crippen LogP contribution in [0.1, 0.15) is 50.7 Å². The van der Waals surface area contributed by atoms with E-state index >= 15 is 0 Å². The summed E-state index contributed by atoms with van der Waals surface area (Å²) >= 11 is 0. The lowest BCUT2D eigenvalue weighted by molar-refractivity contribution is 0.300. The number of para-hydroxylation sites is 2. The van der Waals surface area contributed by atoms with Crippen LogP contribution in [0, 0.1) is 0 Å². The third kappa shape index (κ3) is 5.31. The highest BCUT2D eigenvalue weighted by atomic mass is 31.1. The van der Waals surface area contributed by atoms with Crippen LogP contribution in [0.3, 0.4) is 0 Å². The topological polar surface area (TPSA) is 12.5 Å².